The van der Waals surface area contributed by atoms with Crippen molar-refractivity contribution in [3.05, 3.63) is 101 Å². The number of hydrogen-bond acceptors (Lipinski definition) is 1. The first-order chi connectivity index (χ1) is 15.6. The lowest BCUT2D eigenvalue weighted by molar-refractivity contribution is 0.472. The van der Waals surface area contributed by atoms with Crippen LogP contribution in [0.15, 0.2) is 69.6 Å². The zero-order chi connectivity index (χ0) is 23.9. The number of halogens is 8. The predicted molar refractivity (Wildman–Crippen MR) is 139 cm³/mol. The Morgan fingerprint density at radius 1 is 0.545 bits per heavy atom. The van der Waals surface area contributed by atoms with Gasteiger partial charge in [0.25, 0.3) is 0 Å². The van der Waals surface area contributed by atoms with Gasteiger partial charge < -0.3 is 4.74 Å². The van der Waals surface area contributed by atoms with E-state index in [4.69, 9.17) is 51.1 Å². The van der Waals surface area contributed by atoms with Gasteiger partial charge in [0.1, 0.15) is 23.1 Å². The fraction of sp³-hybridized carbons (Fsp3) is 0. The summed E-state index contributed by atoms with van der Waals surface area (Å²) in [6, 6.07) is 15.1. The van der Waals surface area contributed by atoms with Crippen molar-refractivity contribution in [3.63, 3.8) is 0 Å². The maximum atomic E-state index is 14.9. The third-order valence-electron chi connectivity index (χ3n) is 4.61. The minimum atomic E-state index is -0.597. The summed E-state index contributed by atoms with van der Waals surface area (Å²) in [4.78, 5) is 0. The molecule has 0 aromatic heterocycles. The topological polar surface area (TPSA) is 9.23 Å². The number of benzene rings is 4. The van der Waals surface area contributed by atoms with E-state index in [1.165, 1.54) is 12.1 Å². The molecule has 0 saturated carbocycles. The van der Waals surface area contributed by atoms with Crippen molar-refractivity contribution in [1.82, 2.24) is 0 Å². The lowest BCUT2D eigenvalue weighted by atomic mass is 10.0. The van der Waals surface area contributed by atoms with Gasteiger partial charge in [0.2, 0.25) is 0 Å². The molecular weight excluding hydrogens is 644 g/mol. The van der Waals surface area contributed by atoms with Gasteiger partial charge in [-0.1, -0.05) is 78.3 Å². The molecule has 0 N–H and O–H groups in total. The van der Waals surface area contributed by atoms with Gasteiger partial charge in [-0.25, -0.2) is 8.78 Å². The van der Waals surface area contributed by atoms with E-state index in [1.54, 1.807) is 36.4 Å². The Hall–Kier alpha value is -1.34. The van der Waals surface area contributed by atoms with Crippen LogP contribution in [0.25, 0.3) is 22.3 Å². The molecule has 33 heavy (non-hydrogen) atoms. The standard InChI is InChI=1S/C24H10Br2Cl4F2O/c25-13-1-11(3-15(27)5-13)17-7-19(29)23(9-21(17)31)33-24-10-22(32)18(8-20(24)30)12-2-14(26)6-16(28)4-12/h1-10H. The average Bonchev–Trinajstić information content (AvgIpc) is 2.71. The Morgan fingerprint density at radius 3 is 1.30 bits per heavy atom. The number of ether oxygens (including phenoxy) is 1. The van der Waals surface area contributed by atoms with E-state index >= 15 is 0 Å². The van der Waals surface area contributed by atoms with Crippen LogP contribution in [0.1, 0.15) is 0 Å². The van der Waals surface area contributed by atoms with Crippen LogP contribution in [-0.4, -0.2) is 0 Å². The van der Waals surface area contributed by atoms with Crippen LogP contribution >= 0.6 is 78.3 Å². The quantitative estimate of drug-likeness (QED) is 0.213. The Morgan fingerprint density at radius 2 is 0.939 bits per heavy atom. The summed E-state index contributed by atoms with van der Waals surface area (Å²) >= 11 is 31.5. The van der Waals surface area contributed by atoms with Gasteiger partial charge in [-0.05, 0) is 59.7 Å². The summed E-state index contributed by atoms with van der Waals surface area (Å²) in [5, 5.41) is 1.09. The summed E-state index contributed by atoms with van der Waals surface area (Å²) in [6.07, 6.45) is 0. The van der Waals surface area contributed by atoms with Crippen molar-refractivity contribution < 1.29 is 13.5 Å². The van der Waals surface area contributed by atoms with Gasteiger partial charge in [-0.15, -0.1) is 0 Å². The van der Waals surface area contributed by atoms with Gasteiger partial charge in [0, 0.05) is 42.3 Å². The molecule has 1 nitrogen and oxygen atoms in total. The second-order valence-electron chi connectivity index (χ2n) is 6.94. The Bertz CT molecular complexity index is 1250. The van der Waals surface area contributed by atoms with Crippen LogP contribution in [0.4, 0.5) is 8.78 Å². The number of hydrogen-bond donors (Lipinski definition) is 0. The van der Waals surface area contributed by atoms with E-state index < -0.39 is 11.6 Å². The third-order valence-corrected chi connectivity index (χ3v) is 6.55. The maximum Gasteiger partial charge on any atom is 0.149 e. The van der Waals surface area contributed by atoms with Crippen LogP contribution in [0, 0.1) is 11.6 Å². The minimum absolute atomic E-state index is 0.0152. The average molecular weight is 654 g/mol. The van der Waals surface area contributed by atoms with E-state index in [2.05, 4.69) is 31.9 Å². The van der Waals surface area contributed by atoms with E-state index in [9.17, 15) is 8.78 Å². The monoisotopic (exact) mass is 650 g/mol. The van der Waals surface area contributed by atoms with Crippen molar-refractivity contribution in [1.29, 1.82) is 0 Å². The van der Waals surface area contributed by atoms with Gasteiger partial charge in [-0.2, -0.15) is 0 Å². The number of rotatable bonds is 4. The summed E-state index contributed by atoms with van der Waals surface area (Å²) in [5.41, 5.74) is 1.52. The molecule has 0 saturated heterocycles. The van der Waals surface area contributed by atoms with E-state index in [-0.39, 0.29) is 32.7 Å². The second-order valence-corrected chi connectivity index (χ2v) is 10.5. The molecule has 0 aliphatic heterocycles. The highest BCUT2D eigenvalue weighted by Gasteiger charge is 2.17. The van der Waals surface area contributed by atoms with E-state index in [0.29, 0.717) is 30.1 Å². The molecule has 4 rings (SSSR count). The van der Waals surface area contributed by atoms with Crippen LogP contribution < -0.4 is 4.74 Å². The van der Waals surface area contributed by atoms with E-state index in [1.807, 2.05) is 0 Å². The maximum absolute atomic E-state index is 14.9. The van der Waals surface area contributed by atoms with Gasteiger partial charge >= 0.3 is 0 Å². The lowest BCUT2D eigenvalue weighted by Gasteiger charge is -2.14. The first-order valence-corrected chi connectivity index (χ1v) is 12.3. The molecule has 0 unspecified atom stereocenters. The van der Waals surface area contributed by atoms with Crippen molar-refractivity contribution >= 4 is 78.3 Å². The Labute approximate surface area is 225 Å². The van der Waals surface area contributed by atoms with Gasteiger partial charge in [0.15, 0.2) is 0 Å². The van der Waals surface area contributed by atoms with Crippen LogP contribution in [-0.2, 0) is 0 Å². The zero-order valence-electron chi connectivity index (χ0n) is 16.2. The molecule has 4 aromatic carbocycles. The van der Waals surface area contributed by atoms with Crippen molar-refractivity contribution in [3.8, 4) is 33.8 Å². The predicted octanol–water partition coefficient (Wildman–Crippen LogP) is 11.2. The largest absolute Gasteiger partial charge is 0.454 e. The highest BCUT2D eigenvalue weighted by atomic mass is 79.9. The minimum Gasteiger partial charge on any atom is -0.454 e. The van der Waals surface area contributed by atoms with Gasteiger partial charge in [0.05, 0.1) is 10.0 Å². The molecule has 0 amide bonds. The smallest absolute Gasteiger partial charge is 0.149 e. The summed E-state index contributed by atoms with van der Waals surface area (Å²) in [6.45, 7) is 0. The Balaban J connectivity index is 1.69. The molecule has 168 valence electrons. The summed E-state index contributed by atoms with van der Waals surface area (Å²) in [7, 11) is 0. The van der Waals surface area contributed by atoms with Crippen LogP contribution in [0.5, 0.6) is 11.5 Å². The molecule has 0 heterocycles. The first kappa shape index (κ1) is 24.8. The third kappa shape index (κ3) is 5.67. The van der Waals surface area contributed by atoms with Crippen molar-refractivity contribution in [2.24, 2.45) is 0 Å². The van der Waals surface area contributed by atoms with E-state index in [0.717, 1.165) is 12.1 Å². The molecule has 9 heteroatoms. The highest BCUT2D eigenvalue weighted by Crippen LogP contribution is 2.41. The van der Waals surface area contributed by atoms with Crippen molar-refractivity contribution in [2.45, 2.75) is 0 Å². The van der Waals surface area contributed by atoms with Crippen molar-refractivity contribution in [2.75, 3.05) is 0 Å². The summed E-state index contributed by atoms with van der Waals surface area (Å²) < 4.78 is 36.8. The molecule has 0 bridgehead atoms. The lowest BCUT2D eigenvalue weighted by Crippen LogP contribution is -1.93. The molecule has 0 spiro atoms. The van der Waals surface area contributed by atoms with Crippen LogP contribution in [0.3, 0.4) is 0 Å². The molecule has 0 atom stereocenters. The molecule has 0 aliphatic carbocycles. The normalized spacial score (nSPS) is 11.0. The van der Waals surface area contributed by atoms with Crippen LogP contribution in [0.2, 0.25) is 20.1 Å². The fourth-order valence-electron chi connectivity index (χ4n) is 3.19. The molecule has 0 aliphatic rings. The molecule has 0 radical (unpaired) electrons. The second kappa shape index (κ2) is 10.1. The molecule has 0 fully saturated rings. The first-order valence-electron chi connectivity index (χ1n) is 9.19. The Kier molecular flexibility index (Phi) is 7.59. The summed E-state index contributed by atoms with van der Waals surface area (Å²) in [5.74, 6) is -1.22. The molecule has 4 aromatic rings. The fourth-order valence-corrected chi connectivity index (χ4v) is 5.32. The zero-order valence-corrected chi connectivity index (χ0v) is 22.4. The highest BCUT2D eigenvalue weighted by molar-refractivity contribution is 9.10. The molecular formula is C24H10Br2Cl4F2O. The SMILES string of the molecule is Fc1cc(Oc2cc(F)c(-c3cc(Cl)cc(Br)c3)cc2Cl)c(Cl)cc1-c1cc(Cl)cc(Br)c1. The van der Waals surface area contributed by atoms with Gasteiger partial charge in [-0.3, -0.25) is 0 Å².